The summed E-state index contributed by atoms with van der Waals surface area (Å²) in [7, 11) is 0. The summed E-state index contributed by atoms with van der Waals surface area (Å²) in [6.07, 6.45) is 7.14. The summed E-state index contributed by atoms with van der Waals surface area (Å²) in [5, 5.41) is 20.9. The van der Waals surface area contributed by atoms with Gasteiger partial charge < -0.3 is 15.4 Å². The van der Waals surface area contributed by atoms with Gasteiger partial charge in [0.15, 0.2) is 6.19 Å². The topological polar surface area (TPSA) is 151 Å². The van der Waals surface area contributed by atoms with Crippen LogP contribution >= 0.6 is 0 Å². The molecule has 1 saturated heterocycles. The molecule has 1 aliphatic rings. The normalized spacial score (nSPS) is 13.6. The Balaban J connectivity index is 1.31. The van der Waals surface area contributed by atoms with Crippen molar-refractivity contribution in [2.24, 2.45) is 10.1 Å². The zero-order valence-electron chi connectivity index (χ0n) is 21.6. The Morgan fingerprint density at radius 3 is 2.63 bits per heavy atom. The van der Waals surface area contributed by atoms with Gasteiger partial charge in [0.05, 0.1) is 6.61 Å². The molecule has 0 atom stereocenters. The van der Waals surface area contributed by atoms with Gasteiger partial charge in [0, 0.05) is 48.8 Å². The van der Waals surface area contributed by atoms with Crippen LogP contribution in [0.15, 0.2) is 58.6 Å². The maximum atomic E-state index is 12.2. The monoisotopic (exact) mass is 517 g/mol. The summed E-state index contributed by atoms with van der Waals surface area (Å²) in [4.78, 5) is 21.8. The third-order valence-electron chi connectivity index (χ3n) is 5.99. The molecule has 11 heteroatoms. The third kappa shape index (κ3) is 10.4. The van der Waals surface area contributed by atoms with Crippen LogP contribution in [0.3, 0.4) is 0 Å². The Labute approximate surface area is 223 Å². The lowest BCUT2D eigenvalue weighted by Gasteiger charge is -2.26. The van der Waals surface area contributed by atoms with E-state index in [0.717, 1.165) is 12.3 Å². The molecule has 3 rings (SSSR count). The van der Waals surface area contributed by atoms with E-state index >= 15 is 0 Å². The molecule has 200 valence electrons. The molecule has 2 aromatic carbocycles. The Bertz CT molecular complexity index is 1130. The first-order valence-corrected chi connectivity index (χ1v) is 13.0. The first kappa shape index (κ1) is 28.3. The molecule has 1 amide bonds. The van der Waals surface area contributed by atoms with Crippen molar-refractivity contribution in [2.75, 3.05) is 39.3 Å². The van der Waals surface area contributed by atoms with Crippen LogP contribution in [0.25, 0.3) is 10.4 Å². The lowest BCUT2D eigenvalue weighted by molar-refractivity contribution is 0.0953. The standard InChI is InChI=1S/C27H35N9O2/c28-21-33-27(31-14-5-13-30-26(37)23-9-11-24(12-10-23)34-35-29)32-15-6-18-38-25-8-4-7-22(19-25)20-36-16-2-1-3-17-36/h4,7-12,19H,1-3,5-6,13-18,20H2,(H,30,37)(H2,31,32,33). The number of rotatable bonds is 13. The maximum absolute atomic E-state index is 12.2. The smallest absolute Gasteiger partial charge is 0.251 e. The number of amides is 1. The number of nitrogens with one attached hydrogen (secondary N) is 3. The minimum Gasteiger partial charge on any atom is -0.494 e. The van der Waals surface area contributed by atoms with Gasteiger partial charge in [0.25, 0.3) is 5.91 Å². The van der Waals surface area contributed by atoms with Crippen molar-refractivity contribution in [3.05, 3.63) is 70.1 Å². The van der Waals surface area contributed by atoms with Gasteiger partial charge in [0.2, 0.25) is 5.96 Å². The second-order valence-corrected chi connectivity index (χ2v) is 8.93. The molecule has 0 saturated carbocycles. The Morgan fingerprint density at radius 2 is 1.87 bits per heavy atom. The number of benzene rings is 2. The average Bonchev–Trinajstić information content (AvgIpc) is 2.94. The average molecular weight is 518 g/mol. The van der Waals surface area contributed by atoms with Gasteiger partial charge in [-0.3, -0.25) is 20.0 Å². The first-order chi connectivity index (χ1) is 18.7. The van der Waals surface area contributed by atoms with Crippen LogP contribution in [-0.2, 0) is 6.54 Å². The van der Waals surface area contributed by atoms with E-state index in [9.17, 15) is 4.79 Å². The van der Waals surface area contributed by atoms with Crippen molar-refractivity contribution in [1.82, 2.24) is 20.9 Å². The summed E-state index contributed by atoms with van der Waals surface area (Å²) < 4.78 is 5.91. The van der Waals surface area contributed by atoms with Gasteiger partial charge in [-0.25, -0.2) is 0 Å². The summed E-state index contributed by atoms with van der Waals surface area (Å²) in [5.74, 6) is 1.06. The van der Waals surface area contributed by atoms with Crippen molar-refractivity contribution < 1.29 is 9.53 Å². The molecule has 11 nitrogen and oxygen atoms in total. The van der Waals surface area contributed by atoms with E-state index in [-0.39, 0.29) is 5.91 Å². The molecular formula is C27H35N9O2. The van der Waals surface area contributed by atoms with Crippen LogP contribution < -0.4 is 20.7 Å². The molecule has 1 fully saturated rings. The minimum atomic E-state index is -0.210. The van der Waals surface area contributed by atoms with E-state index in [2.05, 4.69) is 48.0 Å². The molecule has 0 spiro atoms. The second kappa shape index (κ2) is 16.5. The van der Waals surface area contributed by atoms with E-state index in [0.29, 0.717) is 56.3 Å². The highest BCUT2D eigenvalue weighted by Crippen LogP contribution is 2.18. The second-order valence-electron chi connectivity index (χ2n) is 8.93. The maximum Gasteiger partial charge on any atom is 0.251 e. The number of aliphatic imine (C=N–C) groups is 1. The predicted octanol–water partition coefficient (Wildman–Crippen LogP) is 4.22. The molecule has 2 aromatic rings. The van der Waals surface area contributed by atoms with Crippen molar-refractivity contribution >= 4 is 17.6 Å². The number of carbonyl (C=O) groups excluding carboxylic acids is 1. The van der Waals surface area contributed by atoms with E-state index in [1.54, 1.807) is 24.3 Å². The van der Waals surface area contributed by atoms with Crippen LogP contribution in [0.1, 0.15) is 48.0 Å². The highest BCUT2D eigenvalue weighted by Gasteiger charge is 2.10. The first-order valence-electron chi connectivity index (χ1n) is 13.0. The zero-order chi connectivity index (χ0) is 26.8. The highest BCUT2D eigenvalue weighted by molar-refractivity contribution is 5.94. The van der Waals surface area contributed by atoms with Crippen molar-refractivity contribution in [1.29, 1.82) is 5.26 Å². The Kier molecular flexibility index (Phi) is 12.3. The fourth-order valence-corrected chi connectivity index (χ4v) is 4.08. The number of ether oxygens (including phenoxy) is 1. The molecule has 0 radical (unpaired) electrons. The lowest BCUT2D eigenvalue weighted by atomic mass is 10.1. The van der Waals surface area contributed by atoms with Crippen LogP contribution in [-0.4, -0.2) is 56.1 Å². The Morgan fingerprint density at radius 1 is 1.08 bits per heavy atom. The van der Waals surface area contributed by atoms with Gasteiger partial charge in [-0.15, -0.1) is 0 Å². The quantitative estimate of drug-likeness (QED) is 0.0529. The molecule has 38 heavy (non-hydrogen) atoms. The van der Waals surface area contributed by atoms with Gasteiger partial charge in [-0.05, 0) is 67.7 Å². The fraction of sp³-hybridized carbons (Fsp3) is 0.444. The molecule has 0 aliphatic carbocycles. The number of hydrogen-bond acceptors (Lipinski definition) is 6. The van der Waals surface area contributed by atoms with Gasteiger partial charge >= 0.3 is 0 Å². The summed E-state index contributed by atoms with van der Waals surface area (Å²) in [6, 6.07) is 14.7. The molecule has 0 bridgehead atoms. The highest BCUT2D eigenvalue weighted by atomic mass is 16.5. The van der Waals surface area contributed by atoms with Crippen molar-refractivity contribution in [3.63, 3.8) is 0 Å². The number of carbonyl (C=O) groups is 1. The molecule has 0 aromatic heterocycles. The lowest BCUT2D eigenvalue weighted by Crippen LogP contribution is -2.36. The van der Waals surface area contributed by atoms with Crippen LogP contribution in [0.5, 0.6) is 5.75 Å². The molecule has 1 aliphatic heterocycles. The number of nitrogens with zero attached hydrogens (tertiary/aromatic N) is 6. The third-order valence-corrected chi connectivity index (χ3v) is 5.99. The number of nitriles is 1. The zero-order valence-corrected chi connectivity index (χ0v) is 21.6. The molecule has 1 heterocycles. The molecule has 3 N–H and O–H groups in total. The van der Waals surface area contributed by atoms with E-state index < -0.39 is 0 Å². The minimum absolute atomic E-state index is 0.210. The Hall–Kier alpha value is -4.26. The molecular weight excluding hydrogens is 482 g/mol. The predicted molar refractivity (Wildman–Crippen MR) is 147 cm³/mol. The van der Waals surface area contributed by atoms with Gasteiger partial charge in [-0.1, -0.05) is 35.8 Å². The summed E-state index contributed by atoms with van der Waals surface area (Å²) in [6.45, 7) is 5.32. The number of guanidine groups is 1. The SMILES string of the molecule is N#CNC(=NCCCOc1cccc(CN2CCCCC2)c1)NCCCNC(=O)c1ccc(N=[N+]=[N-])cc1. The van der Waals surface area contributed by atoms with Gasteiger partial charge in [0.1, 0.15) is 5.75 Å². The number of likely N-dealkylation sites (tertiary alicyclic amines) is 1. The van der Waals surface area contributed by atoms with E-state index in [4.69, 9.17) is 15.5 Å². The molecule has 0 unspecified atom stereocenters. The van der Waals surface area contributed by atoms with Crippen LogP contribution in [0, 0.1) is 11.5 Å². The van der Waals surface area contributed by atoms with Crippen molar-refractivity contribution in [2.45, 2.75) is 38.6 Å². The van der Waals surface area contributed by atoms with E-state index in [1.807, 2.05) is 18.3 Å². The number of hydrogen-bond donors (Lipinski definition) is 3. The van der Waals surface area contributed by atoms with Gasteiger partial charge in [-0.2, -0.15) is 5.26 Å². The van der Waals surface area contributed by atoms with Crippen LogP contribution in [0.4, 0.5) is 5.69 Å². The van der Waals surface area contributed by atoms with E-state index in [1.165, 1.54) is 37.9 Å². The summed E-state index contributed by atoms with van der Waals surface area (Å²) in [5.41, 5.74) is 10.6. The number of azide groups is 1. The fourth-order valence-electron chi connectivity index (χ4n) is 4.08. The summed E-state index contributed by atoms with van der Waals surface area (Å²) >= 11 is 0. The van der Waals surface area contributed by atoms with Crippen LogP contribution in [0.2, 0.25) is 0 Å². The number of piperidine rings is 1. The largest absolute Gasteiger partial charge is 0.494 e. The van der Waals surface area contributed by atoms with Crippen molar-refractivity contribution in [3.8, 4) is 11.9 Å².